The second-order valence-corrected chi connectivity index (χ2v) is 5.52. The molecule has 1 atom stereocenters. The number of aromatic nitrogens is 2. The molecule has 2 amide bonds. The van der Waals surface area contributed by atoms with Gasteiger partial charge in [0.15, 0.2) is 0 Å². The van der Waals surface area contributed by atoms with Crippen LogP contribution in [0, 0.1) is 0 Å². The number of rotatable bonds is 3. The number of nitrogens with zero attached hydrogens (tertiary/aromatic N) is 3. The molecule has 1 saturated heterocycles. The summed E-state index contributed by atoms with van der Waals surface area (Å²) in [4.78, 5) is 34.5. The van der Waals surface area contributed by atoms with Crippen LogP contribution in [0.2, 0.25) is 0 Å². The van der Waals surface area contributed by atoms with Crippen molar-refractivity contribution in [2.45, 2.75) is 6.04 Å². The maximum atomic E-state index is 12.9. The number of carbonyl (C=O) groups is 2. The SMILES string of the molecule is CNC(=O)c1ccc(C(=O)N2CCNCC2c2cccnc2)cn1.Cl. The van der Waals surface area contributed by atoms with Crippen molar-refractivity contribution >= 4 is 24.2 Å². The Morgan fingerprint density at radius 1 is 1.28 bits per heavy atom. The van der Waals surface area contributed by atoms with E-state index in [-0.39, 0.29) is 36.0 Å². The molecule has 0 spiro atoms. The molecule has 1 unspecified atom stereocenters. The highest BCUT2D eigenvalue weighted by Gasteiger charge is 2.29. The van der Waals surface area contributed by atoms with E-state index in [1.807, 2.05) is 17.0 Å². The third-order valence-electron chi connectivity index (χ3n) is 4.04. The summed E-state index contributed by atoms with van der Waals surface area (Å²) in [7, 11) is 1.54. The lowest BCUT2D eigenvalue weighted by Gasteiger charge is -2.36. The molecule has 2 N–H and O–H groups in total. The molecule has 0 aromatic carbocycles. The maximum absolute atomic E-state index is 12.9. The van der Waals surface area contributed by atoms with Gasteiger partial charge in [-0.25, -0.2) is 0 Å². The first-order chi connectivity index (χ1) is 11.7. The van der Waals surface area contributed by atoms with E-state index >= 15 is 0 Å². The summed E-state index contributed by atoms with van der Waals surface area (Å²) in [6.07, 6.45) is 4.95. The molecule has 3 heterocycles. The van der Waals surface area contributed by atoms with Gasteiger partial charge in [0.05, 0.1) is 11.6 Å². The molecule has 2 aromatic rings. The first-order valence-corrected chi connectivity index (χ1v) is 7.80. The largest absolute Gasteiger partial charge is 0.354 e. The summed E-state index contributed by atoms with van der Waals surface area (Å²) < 4.78 is 0. The van der Waals surface area contributed by atoms with Gasteiger partial charge < -0.3 is 15.5 Å². The highest BCUT2D eigenvalue weighted by Crippen LogP contribution is 2.23. The zero-order valence-electron chi connectivity index (χ0n) is 13.8. The van der Waals surface area contributed by atoms with E-state index in [2.05, 4.69) is 20.6 Å². The molecule has 1 fully saturated rings. The third-order valence-corrected chi connectivity index (χ3v) is 4.04. The van der Waals surface area contributed by atoms with Crippen LogP contribution in [0.4, 0.5) is 0 Å². The molecule has 132 valence electrons. The van der Waals surface area contributed by atoms with Crippen molar-refractivity contribution in [3.8, 4) is 0 Å². The molecule has 8 heteroatoms. The number of hydrogen-bond acceptors (Lipinski definition) is 5. The summed E-state index contributed by atoms with van der Waals surface area (Å²) in [6.45, 7) is 2.03. The quantitative estimate of drug-likeness (QED) is 0.853. The standard InChI is InChI=1S/C17H19N5O2.ClH/c1-18-16(23)14-5-4-13(10-21-14)17(24)22-8-7-20-11-15(22)12-3-2-6-19-9-12;/h2-6,9-10,15,20H,7-8,11H2,1H3,(H,18,23);1H. The Labute approximate surface area is 152 Å². The van der Waals surface area contributed by atoms with E-state index < -0.39 is 0 Å². The van der Waals surface area contributed by atoms with Crippen LogP contribution in [0.1, 0.15) is 32.5 Å². The summed E-state index contributed by atoms with van der Waals surface area (Å²) in [5.41, 5.74) is 1.75. The van der Waals surface area contributed by atoms with Crippen LogP contribution in [-0.2, 0) is 0 Å². The minimum atomic E-state index is -0.274. The highest BCUT2D eigenvalue weighted by molar-refractivity contribution is 5.96. The molecular formula is C17H20ClN5O2. The molecular weight excluding hydrogens is 342 g/mol. The van der Waals surface area contributed by atoms with Crippen LogP contribution >= 0.6 is 12.4 Å². The van der Waals surface area contributed by atoms with Crippen molar-refractivity contribution in [3.63, 3.8) is 0 Å². The van der Waals surface area contributed by atoms with Gasteiger partial charge in [-0.15, -0.1) is 12.4 Å². The topological polar surface area (TPSA) is 87.2 Å². The van der Waals surface area contributed by atoms with Gasteiger partial charge in [-0.3, -0.25) is 19.6 Å². The first-order valence-electron chi connectivity index (χ1n) is 7.80. The number of piperazine rings is 1. The van der Waals surface area contributed by atoms with Gasteiger partial charge in [-0.05, 0) is 23.8 Å². The van der Waals surface area contributed by atoms with Gasteiger partial charge in [0, 0.05) is 45.3 Å². The second-order valence-electron chi connectivity index (χ2n) is 5.52. The third kappa shape index (κ3) is 4.12. The van der Waals surface area contributed by atoms with Gasteiger partial charge in [0.1, 0.15) is 5.69 Å². The van der Waals surface area contributed by atoms with Crippen LogP contribution in [0.3, 0.4) is 0 Å². The van der Waals surface area contributed by atoms with Crippen LogP contribution in [-0.4, -0.2) is 53.4 Å². The van der Waals surface area contributed by atoms with Gasteiger partial charge >= 0.3 is 0 Å². The van der Waals surface area contributed by atoms with Crippen molar-refractivity contribution in [1.82, 2.24) is 25.5 Å². The van der Waals surface area contributed by atoms with E-state index in [1.165, 1.54) is 6.20 Å². The molecule has 1 aliphatic heterocycles. The number of nitrogens with one attached hydrogen (secondary N) is 2. The lowest BCUT2D eigenvalue weighted by atomic mass is 10.0. The average molecular weight is 362 g/mol. The monoisotopic (exact) mass is 361 g/mol. The van der Waals surface area contributed by atoms with Crippen molar-refractivity contribution in [2.24, 2.45) is 0 Å². The van der Waals surface area contributed by atoms with Crippen LogP contribution in [0.25, 0.3) is 0 Å². The van der Waals surface area contributed by atoms with Crippen LogP contribution in [0.15, 0.2) is 42.9 Å². The number of amides is 2. The maximum Gasteiger partial charge on any atom is 0.269 e. The first kappa shape index (κ1) is 18.8. The summed E-state index contributed by atoms with van der Waals surface area (Å²) in [5.74, 6) is -0.370. The molecule has 3 rings (SSSR count). The van der Waals surface area contributed by atoms with E-state index in [0.29, 0.717) is 18.7 Å². The smallest absolute Gasteiger partial charge is 0.269 e. The molecule has 0 saturated carbocycles. The molecule has 0 bridgehead atoms. The normalized spacial score (nSPS) is 16.7. The Bertz CT molecular complexity index is 724. The van der Waals surface area contributed by atoms with E-state index in [4.69, 9.17) is 0 Å². The number of carbonyl (C=O) groups excluding carboxylic acids is 2. The zero-order chi connectivity index (χ0) is 16.9. The van der Waals surface area contributed by atoms with Crippen LogP contribution in [0.5, 0.6) is 0 Å². The Morgan fingerprint density at radius 2 is 2.12 bits per heavy atom. The molecule has 0 radical (unpaired) electrons. The van der Waals surface area contributed by atoms with E-state index in [0.717, 1.165) is 12.1 Å². The fourth-order valence-corrected chi connectivity index (χ4v) is 2.77. The lowest BCUT2D eigenvalue weighted by Crippen LogP contribution is -2.48. The summed E-state index contributed by atoms with van der Waals surface area (Å²) in [5, 5.41) is 5.82. The molecule has 7 nitrogen and oxygen atoms in total. The lowest BCUT2D eigenvalue weighted by molar-refractivity contribution is 0.0633. The summed E-state index contributed by atoms with van der Waals surface area (Å²) in [6, 6.07) is 6.97. The van der Waals surface area contributed by atoms with Crippen molar-refractivity contribution in [3.05, 3.63) is 59.7 Å². The Hall–Kier alpha value is -2.51. The molecule has 1 aliphatic rings. The Kier molecular flexibility index (Phi) is 6.44. The van der Waals surface area contributed by atoms with Gasteiger partial charge in [0.2, 0.25) is 0 Å². The number of halogens is 1. The fourth-order valence-electron chi connectivity index (χ4n) is 2.77. The fraction of sp³-hybridized carbons (Fsp3) is 0.294. The minimum Gasteiger partial charge on any atom is -0.354 e. The van der Waals surface area contributed by atoms with Crippen molar-refractivity contribution in [1.29, 1.82) is 0 Å². The molecule has 25 heavy (non-hydrogen) atoms. The summed E-state index contributed by atoms with van der Waals surface area (Å²) >= 11 is 0. The number of hydrogen-bond donors (Lipinski definition) is 2. The van der Waals surface area contributed by atoms with Gasteiger partial charge in [0.25, 0.3) is 11.8 Å². The van der Waals surface area contributed by atoms with Crippen molar-refractivity contribution in [2.75, 3.05) is 26.7 Å². The van der Waals surface area contributed by atoms with Crippen molar-refractivity contribution < 1.29 is 9.59 Å². The predicted octanol–water partition coefficient (Wildman–Crippen LogP) is 1.04. The van der Waals surface area contributed by atoms with Gasteiger partial charge in [-0.1, -0.05) is 6.07 Å². The minimum absolute atomic E-state index is 0. The second kappa shape index (κ2) is 8.55. The molecule has 2 aromatic heterocycles. The zero-order valence-corrected chi connectivity index (χ0v) is 14.6. The Balaban J connectivity index is 0.00000225. The van der Waals surface area contributed by atoms with E-state index in [9.17, 15) is 9.59 Å². The van der Waals surface area contributed by atoms with Crippen LogP contribution < -0.4 is 10.6 Å². The average Bonchev–Trinajstić information content (AvgIpc) is 2.67. The van der Waals surface area contributed by atoms with E-state index in [1.54, 1.807) is 31.6 Å². The van der Waals surface area contributed by atoms with Gasteiger partial charge in [-0.2, -0.15) is 0 Å². The number of pyridine rings is 2. The Morgan fingerprint density at radius 3 is 2.76 bits per heavy atom. The predicted molar refractivity (Wildman–Crippen MR) is 95.8 cm³/mol. The molecule has 0 aliphatic carbocycles. The highest BCUT2D eigenvalue weighted by atomic mass is 35.5.